The maximum atomic E-state index is 13.9. The van der Waals surface area contributed by atoms with E-state index in [4.69, 9.17) is 4.74 Å². The van der Waals surface area contributed by atoms with Crippen molar-refractivity contribution in [2.24, 2.45) is 5.41 Å². The fourth-order valence-corrected chi connectivity index (χ4v) is 4.94. The Kier molecular flexibility index (Phi) is 7.80. The average molecular weight is 534 g/mol. The summed E-state index contributed by atoms with van der Waals surface area (Å²) in [5.74, 6) is -2.56. The van der Waals surface area contributed by atoms with Crippen LogP contribution in [0, 0.1) is 11.2 Å². The minimum Gasteiger partial charge on any atom is -0.487 e. The number of hydrogen-bond donors (Lipinski definition) is 2. The number of amides is 1. The molecule has 0 aromatic heterocycles. The Morgan fingerprint density at radius 2 is 1.71 bits per heavy atom. The molecule has 0 unspecified atom stereocenters. The smallest absolute Gasteiger partial charge is 0.487 e. The zero-order valence-corrected chi connectivity index (χ0v) is 20.6. The molecule has 1 atom stereocenters. The molecule has 1 amide bonds. The van der Waals surface area contributed by atoms with E-state index in [1.54, 1.807) is 6.07 Å². The second-order valence-corrected chi connectivity index (χ2v) is 9.75. The van der Waals surface area contributed by atoms with Crippen molar-refractivity contribution in [3.05, 3.63) is 71.5 Å². The van der Waals surface area contributed by atoms with Gasteiger partial charge in [0.25, 0.3) is 5.91 Å². The number of fused-ring (bicyclic) bond motifs is 1. The van der Waals surface area contributed by atoms with Crippen LogP contribution in [0.25, 0.3) is 10.8 Å². The summed E-state index contributed by atoms with van der Waals surface area (Å²) in [4.78, 5) is 25.6. The minimum atomic E-state index is -4.82. The molecule has 0 saturated heterocycles. The third-order valence-electron chi connectivity index (χ3n) is 6.93. The van der Waals surface area contributed by atoms with Gasteiger partial charge in [-0.25, -0.2) is 9.18 Å². The molecule has 6 nitrogen and oxygen atoms in total. The van der Waals surface area contributed by atoms with E-state index in [9.17, 15) is 32.3 Å². The fourth-order valence-electron chi connectivity index (χ4n) is 4.94. The summed E-state index contributed by atoms with van der Waals surface area (Å²) in [7, 11) is 0. The summed E-state index contributed by atoms with van der Waals surface area (Å²) in [5.41, 5.74) is -0.0593. The Morgan fingerprint density at radius 1 is 1.03 bits per heavy atom. The molecule has 2 N–H and O–H groups in total. The molecule has 0 aliphatic heterocycles. The van der Waals surface area contributed by atoms with Gasteiger partial charge in [0.2, 0.25) is 0 Å². The number of rotatable bonds is 8. The van der Waals surface area contributed by atoms with Crippen molar-refractivity contribution < 1.29 is 41.7 Å². The predicted octanol–water partition coefficient (Wildman–Crippen LogP) is 6.61. The Morgan fingerprint density at radius 3 is 2.34 bits per heavy atom. The number of halogens is 4. The highest BCUT2D eigenvalue weighted by molar-refractivity contribution is 6.05. The molecule has 1 saturated carbocycles. The second kappa shape index (κ2) is 10.9. The lowest BCUT2D eigenvalue weighted by Crippen LogP contribution is -2.52. The summed E-state index contributed by atoms with van der Waals surface area (Å²) in [5, 5.41) is 13.5. The molecule has 0 radical (unpaired) electrons. The highest BCUT2D eigenvalue weighted by atomic mass is 19.4. The Bertz CT molecular complexity index is 1320. The molecule has 10 heteroatoms. The van der Waals surface area contributed by atoms with E-state index in [0.717, 1.165) is 31.4 Å². The molecular weight excluding hydrogens is 506 g/mol. The molecule has 38 heavy (non-hydrogen) atoms. The highest BCUT2D eigenvalue weighted by Gasteiger charge is 2.41. The molecule has 0 heterocycles. The Labute approximate surface area is 216 Å². The summed E-state index contributed by atoms with van der Waals surface area (Å²) < 4.78 is 61.0. The molecule has 4 rings (SSSR count). The highest BCUT2D eigenvalue weighted by Crippen LogP contribution is 2.39. The van der Waals surface area contributed by atoms with Crippen LogP contribution in [0.1, 0.15) is 54.9 Å². The number of ether oxygens (including phenoxy) is 2. The van der Waals surface area contributed by atoms with Crippen molar-refractivity contribution in [2.75, 3.05) is 0 Å². The van der Waals surface area contributed by atoms with Crippen LogP contribution in [0.15, 0.2) is 54.6 Å². The molecule has 1 aliphatic rings. The van der Waals surface area contributed by atoms with Crippen LogP contribution in [0.3, 0.4) is 0 Å². The predicted molar refractivity (Wildman–Crippen MR) is 131 cm³/mol. The Hall–Kier alpha value is -3.82. The summed E-state index contributed by atoms with van der Waals surface area (Å²) in [6.45, 7) is 1.74. The van der Waals surface area contributed by atoms with Gasteiger partial charge in [-0.05, 0) is 65.6 Å². The van der Waals surface area contributed by atoms with Gasteiger partial charge in [-0.1, -0.05) is 44.4 Å². The molecule has 0 spiro atoms. The van der Waals surface area contributed by atoms with Crippen LogP contribution in [-0.4, -0.2) is 29.4 Å². The third-order valence-corrected chi connectivity index (χ3v) is 6.93. The third kappa shape index (κ3) is 6.35. The molecule has 0 bridgehead atoms. The van der Waals surface area contributed by atoms with E-state index in [0.29, 0.717) is 29.2 Å². The molecule has 3 aromatic carbocycles. The maximum Gasteiger partial charge on any atom is 0.573 e. The van der Waals surface area contributed by atoms with E-state index in [2.05, 4.69) is 10.1 Å². The quantitative estimate of drug-likeness (QED) is 0.318. The number of hydrogen-bond acceptors (Lipinski definition) is 4. The number of aliphatic carboxylic acids is 1. The van der Waals surface area contributed by atoms with Crippen LogP contribution in [0.2, 0.25) is 0 Å². The lowest BCUT2D eigenvalue weighted by molar-refractivity contribution is -0.274. The number of carbonyl (C=O) groups excluding carboxylic acids is 1. The van der Waals surface area contributed by atoms with Gasteiger partial charge in [-0.15, -0.1) is 13.2 Å². The van der Waals surface area contributed by atoms with Crippen molar-refractivity contribution >= 4 is 22.6 Å². The van der Waals surface area contributed by atoms with Gasteiger partial charge < -0.3 is 19.9 Å². The van der Waals surface area contributed by atoms with Gasteiger partial charge in [0.05, 0.1) is 5.56 Å². The summed E-state index contributed by atoms with van der Waals surface area (Å²) in [6.07, 6.45) is -0.728. The van der Waals surface area contributed by atoms with Gasteiger partial charge in [0.1, 0.15) is 30.0 Å². The van der Waals surface area contributed by atoms with E-state index in [1.165, 1.54) is 36.4 Å². The zero-order valence-electron chi connectivity index (χ0n) is 20.6. The molecule has 3 aromatic rings. The first-order valence-electron chi connectivity index (χ1n) is 12.2. The average Bonchev–Trinajstić information content (AvgIpc) is 2.85. The zero-order chi connectivity index (χ0) is 27.5. The lowest BCUT2D eigenvalue weighted by atomic mass is 9.70. The van der Waals surface area contributed by atoms with Gasteiger partial charge in [-0.3, -0.25) is 4.79 Å². The number of alkyl halides is 3. The van der Waals surface area contributed by atoms with Crippen molar-refractivity contribution in [2.45, 2.75) is 58.0 Å². The maximum absolute atomic E-state index is 13.9. The first-order chi connectivity index (χ1) is 17.9. The fraction of sp³-hybridized carbons (Fsp3) is 0.357. The largest absolute Gasteiger partial charge is 0.573 e. The molecule has 202 valence electrons. The van der Waals surface area contributed by atoms with Gasteiger partial charge in [0.15, 0.2) is 0 Å². The first kappa shape index (κ1) is 27.2. The number of benzene rings is 3. The van der Waals surface area contributed by atoms with Crippen molar-refractivity contribution in [3.8, 4) is 11.5 Å². The summed E-state index contributed by atoms with van der Waals surface area (Å²) >= 11 is 0. The van der Waals surface area contributed by atoms with Crippen LogP contribution < -0.4 is 14.8 Å². The van der Waals surface area contributed by atoms with E-state index in [1.807, 2.05) is 6.92 Å². The standard InChI is InChI=1S/C28H27F4NO5/c1-27(13-3-2-4-14-27)24(26(35)36)33-25(34)22-11-7-18-15-19(29)8-12-21(18)23(22)37-16-17-5-9-20(10-6-17)38-28(30,31)32/h5-12,15,24H,2-4,13-14,16H2,1H3,(H,33,34)(H,35,36)/t24-/m1/s1. The lowest BCUT2D eigenvalue weighted by Gasteiger charge is -2.38. The van der Waals surface area contributed by atoms with Gasteiger partial charge in [0, 0.05) is 5.39 Å². The van der Waals surface area contributed by atoms with Crippen LogP contribution in [-0.2, 0) is 11.4 Å². The van der Waals surface area contributed by atoms with E-state index >= 15 is 0 Å². The second-order valence-electron chi connectivity index (χ2n) is 9.75. The van der Waals surface area contributed by atoms with Crippen LogP contribution >= 0.6 is 0 Å². The summed E-state index contributed by atoms with van der Waals surface area (Å²) in [6, 6.07) is 10.9. The topological polar surface area (TPSA) is 84.9 Å². The van der Waals surface area contributed by atoms with Crippen molar-refractivity contribution in [1.82, 2.24) is 5.32 Å². The van der Waals surface area contributed by atoms with Crippen LogP contribution in [0.4, 0.5) is 17.6 Å². The number of carboxylic acid groups (broad SMARTS) is 1. The SMILES string of the molecule is CC1([C@H](NC(=O)c2ccc3cc(F)ccc3c2OCc2ccc(OC(F)(F)F)cc2)C(=O)O)CCCCC1. The normalized spacial score (nSPS) is 16.0. The van der Waals surface area contributed by atoms with E-state index < -0.39 is 41.3 Å². The molecule has 1 fully saturated rings. The monoisotopic (exact) mass is 533 g/mol. The molecule has 1 aliphatic carbocycles. The van der Waals surface area contributed by atoms with Crippen molar-refractivity contribution in [3.63, 3.8) is 0 Å². The van der Waals surface area contributed by atoms with Crippen molar-refractivity contribution in [1.29, 1.82) is 0 Å². The number of carbonyl (C=O) groups is 2. The number of carboxylic acids is 1. The first-order valence-corrected chi connectivity index (χ1v) is 12.2. The minimum absolute atomic E-state index is 0.0618. The van der Waals surface area contributed by atoms with E-state index in [-0.39, 0.29) is 17.9 Å². The number of nitrogens with one attached hydrogen (secondary N) is 1. The van der Waals surface area contributed by atoms with Gasteiger partial charge in [-0.2, -0.15) is 0 Å². The molecular formula is C28H27F4NO5. The van der Waals surface area contributed by atoms with Gasteiger partial charge >= 0.3 is 12.3 Å². The van der Waals surface area contributed by atoms with Crippen LogP contribution in [0.5, 0.6) is 11.5 Å². The Balaban J connectivity index is 1.62.